The summed E-state index contributed by atoms with van der Waals surface area (Å²) < 4.78 is 11.1. The third kappa shape index (κ3) is 3.74. The zero-order valence-corrected chi connectivity index (χ0v) is 15.3. The van der Waals surface area contributed by atoms with Crippen molar-refractivity contribution in [3.63, 3.8) is 0 Å². The standard InChI is InChI=1S/C20H29NO3/c1-5-7-9-11-14-15(10-8-6-2)20(22)21-19-17(24-4)13-12-16(23-3)18(14)19/h12-13H,5-11H2,1-4H3,(H,21,22). The van der Waals surface area contributed by atoms with Crippen LogP contribution in [0.25, 0.3) is 10.9 Å². The van der Waals surface area contributed by atoms with E-state index in [-0.39, 0.29) is 5.56 Å². The predicted molar refractivity (Wildman–Crippen MR) is 99.5 cm³/mol. The van der Waals surface area contributed by atoms with Crippen molar-refractivity contribution in [2.24, 2.45) is 0 Å². The fourth-order valence-electron chi connectivity index (χ4n) is 3.25. The fourth-order valence-corrected chi connectivity index (χ4v) is 3.25. The van der Waals surface area contributed by atoms with Gasteiger partial charge in [-0.3, -0.25) is 4.79 Å². The summed E-state index contributed by atoms with van der Waals surface area (Å²) in [7, 11) is 3.30. The number of aromatic nitrogens is 1. The zero-order valence-electron chi connectivity index (χ0n) is 15.3. The Bertz CT molecular complexity index is 734. The minimum absolute atomic E-state index is 0.00833. The highest BCUT2D eigenvalue weighted by Crippen LogP contribution is 2.35. The highest BCUT2D eigenvalue weighted by molar-refractivity contribution is 5.93. The molecular formula is C20H29NO3. The summed E-state index contributed by atoms with van der Waals surface area (Å²) in [5, 5.41) is 0.999. The summed E-state index contributed by atoms with van der Waals surface area (Å²) in [4.78, 5) is 15.7. The van der Waals surface area contributed by atoms with Crippen LogP contribution in [0.5, 0.6) is 11.5 Å². The number of pyridine rings is 1. The minimum Gasteiger partial charge on any atom is -0.496 e. The lowest BCUT2D eigenvalue weighted by molar-refractivity contribution is 0.409. The van der Waals surface area contributed by atoms with E-state index in [0.717, 1.165) is 72.7 Å². The SMILES string of the molecule is CCCCCc1c(CCCC)c(=O)[nH]c2c(OC)ccc(OC)c12. The molecule has 0 unspecified atom stereocenters. The minimum atomic E-state index is 0.00833. The molecule has 0 amide bonds. The first kappa shape index (κ1) is 18.4. The molecule has 4 heteroatoms. The second-order valence-corrected chi connectivity index (χ2v) is 6.19. The lowest BCUT2D eigenvalue weighted by atomic mass is 9.94. The van der Waals surface area contributed by atoms with E-state index in [9.17, 15) is 4.79 Å². The second-order valence-electron chi connectivity index (χ2n) is 6.19. The van der Waals surface area contributed by atoms with E-state index >= 15 is 0 Å². The van der Waals surface area contributed by atoms with Crippen molar-refractivity contribution in [1.29, 1.82) is 0 Å². The summed E-state index contributed by atoms with van der Waals surface area (Å²) in [6.45, 7) is 4.34. The number of aromatic amines is 1. The maximum atomic E-state index is 12.7. The van der Waals surface area contributed by atoms with Gasteiger partial charge < -0.3 is 14.5 Å². The molecule has 0 bridgehead atoms. The van der Waals surface area contributed by atoms with Crippen molar-refractivity contribution in [2.45, 2.75) is 58.8 Å². The number of ether oxygens (including phenoxy) is 2. The van der Waals surface area contributed by atoms with Crippen LogP contribution in [-0.2, 0) is 12.8 Å². The first-order valence-corrected chi connectivity index (χ1v) is 8.96. The van der Waals surface area contributed by atoms with E-state index in [4.69, 9.17) is 9.47 Å². The topological polar surface area (TPSA) is 51.3 Å². The molecule has 0 radical (unpaired) electrons. The van der Waals surface area contributed by atoms with Gasteiger partial charge in [-0.1, -0.05) is 33.1 Å². The highest BCUT2D eigenvalue weighted by atomic mass is 16.5. The fraction of sp³-hybridized carbons (Fsp3) is 0.550. The zero-order chi connectivity index (χ0) is 17.5. The number of aryl methyl sites for hydroxylation is 1. The van der Waals surface area contributed by atoms with Crippen LogP contribution in [0.2, 0.25) is 0 Å². The Morgan fingerprint density at radius 2 is 1.50 bits per heavy atom. The van der Waals surface area contributed by atoms with Crippen LogP contribution in [0.3, 0.4) is 0 Å². The predicted octanol–water partition coefficient (Wildman–Crippen LogP) is 4.62. The Morgan fingerprint density at radius 3 is 2.12 bits per heavy atom. The number of hydrogen-bond acceptors (Lipinski definition) is 3. The van der Waals surface area contributed by atoms with Crippen LogP contribution in [-0.4, -0.2) is 19.2 Å². The van der Waals surface area contributed by atoms with Gasteiger partial charge in [-0.25, -0.2) is 0 Å². The molecule has 0 saturated heterocycles. The molecule has 0 aliphatic heterocycles. The average Bonchev–Trinajstić information content (AvgIpc) is 2.60. The summed E-state index contributed by atoms with van der Waals surface area (Å²) in [6.07, 6.45) is 7.19. The van der Waals surface area contributed by atoms with Gasteiger partial charge in [-0.2, -0.15) is 0 Å². The van der Waals surface area contributed by atoms with Crippen molar-refractivity contribution >= 4 is 10.9 Å². The summed E-state index contributed by atoms with van der Waals surface area (Å²) in [6, 6.07) is 3.77. The van der Waals surface area contributed by atoms with Gasteiger partial charge in [0.05, 0.1) is 19.7 Å². The van der Waals surface area contributed by atoms with Crippen LogP contribution in [0, 0.1) is 0 Å². The number of methoxy groups -OCH3 is 2. The van der Waals surface area contributed by atoms with Crippen LogP contribution >= 0.6 is 0 Å². The molecule has 0 spiro atoms. The molecule has 1 heterocycles. The molecule has 0 aliphatic carbocycles. The number of fused-ring (bicyclic) bond motifs is 1. The number of H-pyrrole nitrogens is 1. The van der Waals surface area contributed by atoms with Gasteiger partial charge in [0.2, 0.25) is 0 Å². The Balaban J connectivity index is 2.72. The van der Waals surface area contributed by atoms with Crippen LogP contribution < -0.4 is 15.0 Å². The van der Waals surface area contributed by atoms with E-state index in [1.165, 1.54) is 0 Å². The van der Waals surface area contributed by atoms with Crippen LogP contribution in [0.15, 0.2) is 16.9 Å². The Kier molecular flexibility index (Phi) is 6.71. The number of unbranched alkanes of at least 4 members (excludes halogenated alkanes) is 3. The van der Waals surface area contributed by atoms with E-state index in [0.29, 0.717) is 5.75 Å². The third-order valence-electron chi connectivity index (χ3n) is 4.56. The third-order valence-corrected chi connectivity index (χ3v) is 4.56. The van der Waals surface area contributed by atoms with Gasteiger partial charge >= 0.3 is 0 Å². The summed E-state index contributed by atoms with van der Waals surface area (Å²) in [5.41, 5.74) is 2.79. The lowest BCUT2D eigenvalue weighted by Crippen LogP contribution is -2.17. The van der Waals surface area contributed by atoms with E-state index in [1.807, 2.05) is 12.1 Å². The van der Waals surface area contributed by atoms with Crippen molar-refractivity contribution < 1.29 is 9.47 Å². The Morgan fingerprint density at radius 1 is 0.875 bits per heavy atom. The number of nitrogens with one attached hydrogen (secondary N) is 1. The molecule has 24 heavy (non-hydrogen) atoms. The second kappa shape index (κ2) is 8.76. The molecule has 0 saturated carbocycles. The van der Waals surface area contributed by atoms with Crippen LogP contribution in [0.1, 0.15) is 57.1 Å². The maximum Gasteiger partial charge on any atom is 0.252 e. The van der Waals surface area contributed by atoms with Gasteiger partial charge in [0.15, 0.2) is 0 Å². The van der Waals surface area contributed by atoms with Crippen molar-refractivity contribution in [3.8, 4) is 11.5 Å². The van der Waals surface area contributed by atoms with Crippen LogP contribution in [0.4, 0.5) is 0 Å². The van der Waals surface area contributed by atoms with Gasteiger partial charge in [0.25, 0.3) is 5.56 Å². The quantitative estimate of drug-likeness (QED) is 0.682. The Labute approximate surface area is 144 Å². The van der Waals surface area contributed by atoms with Gasteiger partial charge in [-0.05, 0) is 43.4 Å². The summed E-state index contributed by atoms with van der Waals surface area (Å²) >= 11 is 0. The molecule has 0 fully saturated rings. The molecule has 1 aromatic carbocycles. The van der Waals surface area contributed by atoms with Gasteiger partial charge in [0.1, 0.15) is 11.5 Å². The van der Waals surface area contributed by atoms with Crippen molar-refractivity contribution in [2.75, 3.05) is 14.2 Å². The largest absolute Gasteiger partial charge is 0.496 e. The Hall–Kier alpha value is -1.97. The number of hydrogen-bond donors (Lipinski definition) is 1. The van der Waals surface area contributed by atoms with E-state index in [1.54, 1.807) is 14.2 Å². The number of benzene rings is 1. The highest BCUT2D eigenvalue weighted by Gasteiger charge is 2.18. The molecule has 2 aromatic rings. The molecule has 1 N–H and O–H groups in total. The monoisotopic (exact) mass is 331 g/mol. The van der Waals surface area contributed by atoms with E-state index in [2.05, 4.69) is 18.8 Å². The molecule has 0 aliphatic rings. The molecule has 0 atom stereocenters. The molecule has 2 rings (SSSR count). The number of rotatable bonds is 9. The lowest BCUT2D eigenvalue weighted by Gasteiger charge is -2.17. The molecular weight excluding hydrogens is 302 g/mol. The normalized spacial score (nSPS) is 11.0. The first-order valence-electron chi connectivity index (χ1n) is 8.96. The van der Waals surface area contributed by atoms with Gasteiger partial charge in [0, 0.05) is 10.9 Å². The molecule has 4 nitrogen and oxygen atoms in total. The van der Waals surface area contributed by atoms with Crippen molar-refractivity contribution in [3.05, 3.63) is 33.6 Å². The smallest absolute Gasteiger partial charge is 0.252 e. The van der Waals surface area contributed by atoms with E-state index < -0.39 is 0 Å². The molecule has 132 valence electrons. The first-order chi connectivity index (χ1) is 11.7. The van der Waals surface area contributed by atoms with Crippen molar-refractivity contribution in [1.82, 2.24) is 4.98 Å². The summed E-state index contributed by atoms with van der Waals surface area (Å²) in [5.74, 6) is 1.48. The average molecular weight is 331 g/mol. The molecule has 1 aromatic heterocycles. The van der Waals surface area contributed by atoms with Gasteiger partial charge in [-0.15, -0.1) is 0 Å². The maximum absolute atomic E-state index is 12.7.